The van der Waals surface area contributed by atoms with E-state index < -0.39 is 5.97 Å². The lowest BCUT2D eigenvalue weighted by Gasteiger charge is -2.08. The number of ether oxygens (including phenoxy) is 2. The number of carbonyl (C=O) groups is 2. The van der Waals surface area contributed by atoms with Gasteiger partial charge in [0.05, 0.1) is 30.8 Å². The highest BCUT2D eigenvalue weighted by molar-refractivity contribution is 6.41. The van der Waals surface area contributed by atoms with Crippen molar-refractivity contribution < 1.29 is 19.1 Å². The Hall–Kier alpha value is -2.86. The van der Waals surface area contributed by atoms with Gasteiger partial charge in [0.1, 0.15) is 5.75 Å². The molecule has 0 bridgehead atoms. The highest BCUT2D eigenvalue weighted by atomic mass is 35.5. The van der Waals surface area contributed by atoms with Crippen LogP contribution in [-0.4, -0.2) is 31.2 Å². The van der Waals surface area contributed by atoms with E-state index >= 15 is 0 Å². The monoisotopic (exact) mass is 374 g/mol. The molecule has 0 aliphatic rings. The molecule has 0 radical (unpaired) electrons. The van der Waals surface area contributed by atoms with Crippen LogP contribution < -0.4 is 10.2 Å². The smallest absolute Gasteiger partial charge is 0.354 e. The fourth-order valence-electron chi connectivity index (χ4n) is 2.08. The molecule has 0 aromatic heterocycles. The average Bonchev–Trinajstić information content (AvgIpc) is 2.66. The van der Waals surface area contributed by atoms with Crippen molar-refractivity contribution in [2.24, 2.45) is 5.10 Å². The van der Waals surface area contributed by atoms with Crippen LogP contribution in [0.1, 0.15) is 23.7 Å². The van der Waals surface area contributed by atoms with Crippen LogP contribution in [0.3, 0.4) is 0 Å². The molecule has 0 saturated carbocycles. The summed E-state index contributed by atoms with van der Waals surface area (Å²) in [6.07, 6.45) is -0.206. The summed E-state index contributed by atoms with van der Waals surface area (Å²) < 4.78 is 10.0. The van der Waals surface area contributed by atoms with Crippen molar-refractivity contribution >= 4 is 34.8 Å². The molecule has 0 heterocycles. The van der Waals surface area contributed by atoms with E-state index in [0.717, 1.165) is 0 Å². The Labute approximate surface area is 156 Å². The summed E-state index contributed by atoms with van der Waals surface area (Å²) in [5, 5.41) is 4.48. The molecule has 0 amide bonds. The summed E-state index contributed by atoms with van der Waals surface area (Å²) in [6, 6.07) is 13.6. The Morgan fingerprint density at radius 3 is 2.42 bits per heavy atom. The third kappa shape index (κ3) is 5.32. The predicted octanol–water partition coefficient (Wildman–Crippen LogP) is 3.95. The van der Waals surface area contributed by atoms with Gasteiger partial charge >= 0.3 is 5.97 Å². The number of ketones is 1. The number of esters is 1. The lowest BCUT2D eigenvalue weighted by atomic mass is 10.1. The second kappa shape index (κ2) is 9.58. The molecule has 2 rings (SSSR count). The minimum Gasteiger partial charge on any atom is -0.497 e. The van der Waals surface area contributed by atoms with Gasteiger partial charge in [0.2, 0.25) is 0 Å². The van der Waals surface area contributed by atoms with E-state index in [-0.39, 0.29) is 24.5 Å². The number of anilines is 1. The van der Waals surface area contributed by atoms with Crippen molar-refractivity contribution in [1.29, 1.82) is 0 Å². The van der Waals surface area contributed by atoms with E-state index in [1.165, 1.54) is 0 Å². The molecule has 0 spiro atoms. The number of hydrogen-bond donors (Lipinski definition) is 1. The highest BCUT2D eigenvalue weighted by Crippen LogP contribution is 2.20. The van der Waals surface area contributed by atoms with Crippen molar-refractivity contribution in [2.75, 3.05) is 19.1 Å². The minimum absolute atomic E-state index is 0.0346. The molecule has 1 N–H and O–H groups in total. The van der Waals surface area contributed by atoms with Crippen LogP contribution in [0.2, 0.25) is 5.02 Å². The Balaban J connectivity index is 2.18. The van der Waals surface area contributed by atoms with Crippen molar-refractivity contribution in [3.05, 3.63) is 59.1 Å². The third-order valence-electron chi connectivity index (χ3n) is 3.44. The van der Waals surface area contributed by atoms with E-state index in [2.05, 4.69) is 10.5 Å². The van der Waals surface area contributed by atoms with Crippen LogP contribution in [0.4, 0.5) is 5.69 Å². The van der Waals surface area contributed by atoms with E-state index in [9.17, 15) is 9.59 Å². The van der Waals surface area contributed by atoms with Gasteiger partial charge in [-0.2, -0.15) is 5.10 Å². The Morgan fingerprint density at radius 1 is 1.12 bits per heavy atom. The second-order valence-electron chi connectivity index (χ2n) is 5.20. The quantitative estimate of drug-likeness (QED) is 0.327. The molecule has 0 aliphatic carbocycles. The largest absolute Gasteiger partial charge is 0.497 e. The molecule has 0 fully saturated rings. The first-order chi connectivity index (χ1) is 12.5. The minimum atomic E-state index is -0.658. The van der Waals surface area contributed by atoms with Crippen LogP contribution in [0.15, 0.2) is 53.6 Å². The highest BCUT2D eigenvalue weighted by Gasteiger charge is 2.19. The average molecular weight is 375 g/mol. The summed E-state index contributed by atoms with van der Waals surface area (Å²) in [5.41, 5.74) is 3.64. The molecule has 2 aromatic carbocycles. The fraction of sp³-hybridized carbons (Fsp3) is 0.211. The van der Waals surface area contributed by atoms with Gasteiger partial charge in [0.25, 0.3) is 0 Å². The maximum Gasteiger partial charge on any atom is 0.354 e. The number of nitrogens with zero attached hydrogens (tertiary/aromatic N) is 1. The second-order valence-corrected chi connectivity index (χ2v) is 5.61. The maximum absolute atomic E-state index is 12.5. The lowest BCUT2D eigenvalue weighted by molar-refractivity contribution is -0.135. The molecule has 7 heteroatoms. The number of rotatable bonds is 8. The van der Waals surface area contributed by atoms with Gasteiger partial charge in [0, 0.05) is 5.56 Å². The zero-order valence-corrected chi connectivity index (χ0v) is 15.2. The molecular weight excluding hydrogens is 356 g/mol. The Bertz CT molecular complexity index is 803. The molecule has 6 nitrogen and oxygen atoms in total. The van der Waals surface area contributed by atoms with Crippen molar-refractivity contribution in [2.45, 2.75) is 13.3 Å². The number of hydrazone groups is 1. The first-order valence-electron chi connectivity index (χ1n) is 7.96. The summed E-state index contributed by atoms with van der Waals surface area (Å²) in [5.74, 6) is -0.282. The number of para-hydroxylation sites is 1. The number of benzene rings is 2. The molecular formula is C19H19ClN2O4. The van der Waals surface area contributed by atoms with Gasteiger partial charge in [0.15, 0.2) is 11.5 Å². The van der Waals surface area contributed by atoms with E-state index in [4.69, 9.17) is 21.1 Å². The van der Waals surface area contributed by atoms with E-state index in [1.807, 2.05) is 0 Å². The van der Waals surface area contributed by atoms with Gasteiger partial charge in [-0.25, -0.2) is 4.79 Å². The number of Topliss-reactive ketones (excluding diaryl/α,β-unsaturated/α-hetero) is 1. The first kappa shape index (κ1) is 19.5. The van der Waals surface area contributed by atoms with Crippen molar-refractivity contribution in [3.63, 3.8) is 0 Å². The summed E-state index contributed by atoms with van der Waals surface area (Å²) in [4.78, 5) is 24.6. The maximum atomic E-state index is 12.5. The third-order valence-corrected chi connectivity index (χ3v) is 3.77. The zero-order chi connectivity index (χ0) is 18.9. The predicted molar refractivity (Wildman–Crippen MR) is 101 cm³/mol. The van der Waals surface area contributed by atoms with Crippen LogP contribution in [0, 0.1) is 0 Å². The SMILES string of the molecule is CCOC(=O)/C(CC(=O)c1ccc(OC)cc1)=N\Nc1ccccc1Cl. The van der Waals surface area contributed by atoms with Gasteiger partial charge < -0.3 is 9.47 Å². The Kier molecular flexibility index (Phi) is 7.17. The first-order valence-corrected chi connectivity index (χ1v) is 8.34. The summed E-state index contributed by atoms with van der Waals surface area (Å²) in [6.45, 7) is 1.86. The number of methoxy groups -OCH3 is 1. The van der Waals surface area contributed by atoms with Crippen LogP contribution in [0.25, 0.3) is 0 Å². The van der Waals surface area contributed by atoms with Crippen LogP contribution in [0.5, 0.6) is 5.75 Å². The summed E-state index contributed by atoms with van der Waals surface area (Å²) in [7, 11) is 1.54. The van der Waals surface area contributed by atoms with E-state index in [0.29, 0.717) is 22.0 Å². The van der Waals surface area contributed by atoms with Crippen molar-refractivity contribution in [1.82, 2.24) is 0 Å². The fourth-order valence-corrected chi connectivity index (χ4v) is 2.26. The molecule has 0 saturated heterocycles. The molecule has 2 aromatic rings. The number of hydrogen-bond acceptors (Lipinski definition) is 6. The molecule has 26 heavy (non-hydrogen) atoms. The van der Waals surface area contributed by atoms with Crippen LogP contribution in [-0.2, 0) is 9.53 Å². The lowest BCUT2D eigenvalue weighted by Crippen LogP contribution is -2.22. The van der Waals surface area contributed by atoms with Crippen molar-refractivity contribution in [3.8, 4) is 5.75 Å². The summed E-state index contributed by atoms with van der Waals surface area (Å²) >= 11 is 6.05. The number of carbonyl (C=O) groups excluding carboxylic acids is 2. The van der Waals surface area contributed by atoms with E-state index in [1.54, 1.807) is 62.6 Å². The van der Waals surface area contributed by atoms with Gasteiger partial charge in [-0.05, 0) is 43.3 Å². The van der Waals surface area contributed by atoms with Gasteiger partial charge in [-0.15, -0.1) is 0 Å². The topological polar surface area (TPSA) is 77.0 Å². The van der Waals surface area contributed by atoms with Crippen LogP contribution >= 0.6 is 11.6 Å². The Morgan fingerprint density at radius 2 is 1.81 bits per heavy atom. The zero-order valence-electron chi connectivity index (χ0n) is 14.5. The molecule has 0 atom stereocenters. The number of halogens is 1. The molecule has 0 aliphatic heterocycles. The number of nitrogens with one attached hydrogen (secondary N) is 1. The molecule has 0 unspecified atom stereocenters. The van der Waals surface area contributed by atoms with Gasteiger partial charge in [-0.1, -0.05) is 23.7 Å². The van der Waals surface area contributed by atoms with Gasteiger partial charge in [-0.3, -0.25) is 10.2 Å². The standard InChI is InChI=1S/C19H19ClN2O4/c1-3-26-19(24)17(22-21-16-7-5-4-6-15(16)20)12-18(23)13-8-10-14(25-2)11-9-13/h4-11,21H,3,12H2,1-2H3/b22-17-. The normalized spacial score (nSPS) is 11.0. The molecule has 136 valence electrons.